The average molecular weight is 369 g/mol. The average Bonchev–Trinajstić information content (AvgIpc) is 2.73. The number of carbonyl (C=O) groups excluding carboxylic acids is 1. The molecule has 0 fully saturated rings. The molecule has 3 aromatic carbocycles. The minimum Gasteiger partial charge on any atom is -0.324 e. The van der Waals surface area contributed by atoms with Gasteiger partial charge in [0.25, 0.3) is 5.56 Å². The fraction of sp³-hybridized carbons (Fsp3) is 0.0870. The lowest BCUT2D eigenvalue weighted by atomic mass is 10.1. The van der Waals surface area contributed by atoms with Gasteiger partial charge in [-0.15, -0.1) is 0 Å². The summed E-state index contributed by atoms with van der Waals surface area (Å²) in [6, 6.07) is 24.9. The smallest absolute Gasteiger partial charge is 0.275 e. The zero-order chi connectivity index (χ0) is 19.5. The molecule has 5 heteroatoms. The number of fused-ring (bicyclic) bond motifs is 1. The Morgan fingerprint density at radius 1 is 0.857 bits per heavy atom. The van der Waals surface area contributed by atoms with Gasteiger partial charge in [-0.25, -0.2) is 4.68 Å². The van der Waals surface area contributed by atoms with E-state index in [-0.39, 0.29) is 18.0 Å². The molecule has 0 saturated heterocycles. The molecule has 0 aliphatic carbocycles. The Hall–Kier alpha value is -3.73. The van der Waals surface area contributed by atoms with Crippen LogP contribution in [0.1, 0.15) is 5.69 Å². The Morgan fingerprint density at radius 2 is 1.46 bits per heavy atom. The van der Waals surface area contributed by atoms with Gasteiger partial charge in [0, 0.05) is 11.1 Å². The highest BCUT2D eigenvalue weighted by Gasteiger charge is 2.11. The molecule has 0 aliphatic heterocycles. The Kier molecular flexibility index (Phi) is 4.72. The van der Waals surface area contributed by atoms with Gasteiger partial charge in [0.2, 0.25) is 5.91 Å². The minimum absolute atomic E-state index is 0.134. The molecule has 138 valence electrons. The summed E-state index contributed by atoms with van der Waals surface area (Å²) in [6.45, 7) is 1.70. The maximum atomic E-state index is 12.6. The number of rotatable bonds is 4. The maximum absolute atomic E-state index is 12.6. The van der Waals surface area contributed by atoms with Crippen molar-refractivity contribution in [2.75, 3.05) is 5.32 Å². The second-order valence-corrected chi connectivity index (χ2v) is 6.59. The van der Waals surface area contributed by atoms with E-state index in [0.717, 1.165) is 22.2 Å². The first-order chi connectivity index (χ1) is 13.6. The molecule has 0 bridgehead atoms. The third-order valence-corrected chi connectivity index (χ3v) is 4.62. The third-order valence-electron chi connectivity index (χ3n) is 4.62. The summed E-state index contributed by atoms with van der Waals surface area (Å²) in [5.74, 6) is -0.295. The number of nitrogens with zero attached hydrogens (tertiary/aromatic N) is 2. The van der Waals surface area contributed by atoms with Crippen molar-refractivity contribution < 1.29 is 4.79 Å². The number of aromatic nitrogens is 2. The molecule has 1 aromatic heterocycles. The summed E-state index contributed by atoms with van der Waals surface area (Å²) in [5, 5.41) is 8.48. The van der Waals surface area contributed by atoms with Gasteiger partial charge in [-0.2, -0.15) is 5.10 Å². The molecule has 4 aromatic rings. The number of carbonyl (C=O) groups is 1. The molecule has 4 rings (SSSR count). The summed E-state index contributed by atoms with van der Waals surface area (Å²) in [6.07, 6.45) is 0. The van der Waals surface area contributed by atoms with Crippen LogP contribution in [0.25, 0.3) is 21.9 Å². The largest absolute Gasteiger partial charge is 0.324 e. The molecule has 0 saturated carbocycles. The Morgan fingerprint density at radius 3 is 2.18 bits per heavy atom. The van der Waals surface area contributed by atoms with Crippen LogP contribution in [-0.2, 0) is 11.3 Å². The van der Waals surface area contributed by atoms with Crippen molar-refractivity contribution in [3.8, 4) is 11.1 Å². The normalized spacial score (nSPS) is 10.8. The first kappa shape index (κ1) is 17.7. The quantitative estimate of drug-likeness (QED) is 0.591. The number of nitrogens with one attached hydrogen (secondary N) is 1. The lowest BCUT2D eigenvalue weighted by molar-refractivity contribution is -0.117. The molecule has 0 spiro atoms. The van der Waals surface area contributed by atoms with Crippen molar-refractivity contribution in [3.05, 3.63) is 94.9 Å². The second kappa shape index (κ2) is 7.48. The molecule has 1 heterocycles. The number of anilines is 1. The molecule has 5 nitrogen and oxygen atoms in total. The molecule has 0 aliphatic rings. The summed E-state index contributed by atoms with van der Waals surface area (Å²) in [5.41, 5.74) is 3.31. The van der Waals surface area contributed by atoms with E-state index in [9.17, 15) is 9.59 Å². The Bertz CT molecular complexity index is 1200. The van der Waals surface area contributed by atoms with Crippen LogP contribution in [0.4, 0.5) is 5.69 Å². The van der Waals surface area contributed by atoms with Gasteiger partial charge in [0.15, 0.2) is 0 Å². The van der Waals surface area contributed by atoms with Gasteiger partial charge in [-0.3, -0.25) is 9.59 Å². The van der Waals surface area contributed by atoms with Crippen molar-refractivity contribution in [1.29, 1.82) is 0 Å². The third kappa shape index (κ3) is 3.55. The van der Waals surface area contributed by atoms with Crippen LogP contribution in [-0.4, -0.2) is 15.7 Å². The highest BCUT2D eigenvalue weighted by Crippen LogP contribution is 2.21. The van der Waals surface area contributed by atoms with E-state index in [4.69, 9.17) is 0 Å². The highest BCUT2D eigenvalue weighted by molar-refractivity contribution is 5.91. The summed E-state index contributed by atoms with van der Waals surface area (Å²) in [4.78, 5) is 25.0. The summed E-state index contributed by atoms with van der Waals surface area (Å²) >= 11 is 0. The van der Waals surface area contributed by atoms with Crippen LogP contribution in [0.2, 0.25) is 0 Å². The van der Waals surface area contributed by atoms with E-state index in [0.29, 0.717) is 11.1 Å². The molecule has 0 atom stereocenters. The second-order valence-electron chi connectivity index (χ2n) is 6.59. The number of aryl methyl sites for hydroxylation is 1. The molecular weight excluding hydrogens is 350 g/mol. The van der Waals surface area contributed by atoms with E-state index < -0.39 is 0 Å². The number of amides is 1. The van der Waals surface area contributed by atoms with E-state index in [1.807, 2.05) is 79.7 Å². The minimum atomic E-state index is -0.295. The monoisotopic (exact) mass is 369 g/mol. The topological polar surface area (TPSA) is 64.0 Å². The van der Waals surface area contributed by atoms with Gasteiger partial charge in [0.1, 0.15) is 6.54 Å². The first-order valence-corrected chi connectivity index (χ1v) is 9.03. The van der Waals surface area contributed by atoms with Gasteiger partial charge in [0.05, 0.1) is 11.1 Å². The Balaban J connectivity index is 1.51. The van der Waals surface area contributed by atoms with Gasteiger partial charge >= 0.3 is 0 Å². The molecule has 1 amide bonds. The van der Waals surface area contributed by atoms with Crippen molar-refractivity contribution in [2.24, 2.45) is 0 Å². The fourth-order valence-electron chi connectivity index (χ4n) is 3.22. The lowest BCUT2D eigenvalue weighted by Crippen LogP contribution is -2.30. The lowest BCUT2D eigenvalue weighted by Gasteiger charge is -2.10. The summed E-state index contributed by atoms with van der Waals surface area (Å²) in [7, 11) is 0. The van der Waals surface area contributed by atoms with Crippen LogP contribution in [0, 0.1) is 6.92 Å². The standard InChI is InChI=1S/C23H19N3O2/c1-16-20-9-5-6-10-21(20)23(28)26(25-16)15-22(27)24-19-13-11-18(12-14-19)17-7-3-2-4-8-17/h2-14H,15H2,1H3,(H,24,27). The number of hydrogen-bond donors (Lipinski definition) is 1. The van der Waals surface area contributed by atoms with E-state index in [1.165, 1.54) is 4.68 Å². The predicted molar refractivity (Wildman–Crippen MR) is 111 cm³/mol. The van der Waals surface area contributed by atoms with Crippen LogP contribution >= 0.6 is 0 Å². The fourth-order valence-corrected chi connectivity index (χ4v) is 3.22. The molecular formula is C23H19N3O2. The van der Waals surface area contributed by atoms with Gasteiger partial charge in [-0.1, -0.05) is 60.7 Å². The zero-order valence-corrected chi connectivity index (χ0v) is 15.4. The van der Waals surface area contributed by atoms with Crippen LogP contribution < -0.4 is 10.9 Å². The van der Waals surface area contributed by atoms with Crippen molar-refractivity contribution in [2.45, 2.75) is 13.5 Å². The van der Waals surface area contributed by atoms with Crippen LogP contribution in [0.5, 0.6) is 0 Å². The van der Waals surface area contributed by atoms with Crippen molar-refractivity contribution >= 4 is 22.4 Å². The molecule has 0 radical (unpaired) electrons. The van der Waals surface area contributed by atoms with Gasteiger partial charge < -0.3 is 5.32 Å². The first-order valence-electron chi connectivity index (χ1n) is 9.03. The molecule has 1 N–H and O–H groups in total. The van der Waals surface area contributed by atoms with E-state index in [2.05, 4.69) is 10.4 Å². The SMILES string of the molecule is Cc1nn(CC(=O)Nc2ccc(-c3ccccc3)cc2)c(=O)c2ccccc12. The van der Waals surface area contributed by atoms with Gasteiger partial charge in [-0.05, 0) is 36.2 Å². The van der Waals surface area contributed by atoms with Crippen molar-refractivity contribution in [1.82, 2.24) is 9.78 Å². The number of benzene rings is 3. The molecule has 0 unspecified atom stereocenters. The zero-order valence-electron chi connectivity index (χ0n) is 15.4. The Labute approximate surface area is 162 Å². The van der Waals surface area contributed by atoms with Crippen LogP contribution in [0.15, 0.2) is 83.7 Å². The van der Waals surface area contributed by atoms with E-state index in [1.54, 1.807) is 6.07 Å². The summed E-state index contributed by atoms with van der Waals surface area (Å²) < 4.78 is 1.21. The maximum Gasteiger partial charge on any atom is 0.275 e. The number of hydrogen-bond acceptors (Lipinski definition) is 3. The highest BCUT2D eigenvalue weighted by atomic mass is 16.2. The molecule has 28 heavy (non-hydrogen) atoms. The predicted octanol–water partition coefficient (Wildman–Crippen LogP) is 4.01. The van der Waals surface area contributed by atoms with Crippen LogP contribution in [0.3, 0.4) is 0 Å². The van der Waals surface area contributed by atoms with E-state index >= 15 is 0 Å². The van der Waals surface area contributed by atoms with Crippen molar-refractivity contribution in [3.63, 3.8) is 0 Å².